The predicted octanol–water partition coefficient (Wildman–Crippen LogP) is -8.85. The number of hydrogen-bond acceptors (Lipinski definition) is 0. The summed E-state index contributed by atoms with van der Waals surface area (Å²) >= 11 is 0. The molecule has 0 amide bonds. The Morgan fingerprint density at radius 3 is 0.500 bits per heavy atom. The maximum Gasteiger partial charge on any atom is 2.00 e. The number of rotatable bonds is 0. The first kappa shape index (κ1) is 118. The maximum atomic E-state index is 0. The summed E-state index contributed by atoms with van der Waals surface area (Å²) in [6.45, 7) is 0. The van der Waals surface area contributed by atoms with E-state index in [2.05, 4.69) is 0 Å². The van der Waals surface area contributed by atoms with Gasteiger partial charge in [-0.25, -0.2) is 0 Å². The quantitative estimate of drug-likeness (QED) is 0.319. The molecule has 6 heteroatoms. The molecule has 0 aliphatic rings. The van der Waals surface area contributed by atoms with Crippen molar-refractivity contribution in [3.63, 3.8) is 0 Å². The van der Waals surface area contributed by atoms with Gasteiger partial charge in [0.25, 0.3) is 0 Å². The van der Waals surface area contributed by atoms with Crippen molar-refractivity contribution in [2.24, 2.45) is 0 Å². The summed E-state index contributed by atoms with van der Waals surface area (Å²) in [5.41, 5.74) is 0. The van der Waals surface area contributed by atoms with Gasteiger partial charge in [0.1, 0.15) is 0 Å². The second kappa shape index (κ2) is 74.3. The monoisotopic (exact) mass is 164 g/mol. The molecule has 0 unspecified atom stereocenters. The maximum absolute atomic E-state index is 0. The summed E-state index contributed by atoms with van der Waals surface area (Å²) in [6.07, 6.45) is 0. The van der Waals surface area contributed by atoms with Gasteiger partial charge in [-0.3, -0.25) is 0 Å². The van der Waals surface area contributed by atoms with Crippen molar-refractivity contribution in [2.45, 2.75) is 0 Å². The van der Waals surface area contributed by atoms with Crippen LogP contribution in [0.1, 0.15) is 0 Å². The molecule has 0 aromatic heterocycles. The molecule has 6 heavy (non-hydrogen) atoms. The predicted molar refractivity (Wildman–Crippen MR) is 16.6 cm³/mol. The van der Waals surface area contributed by atoms with Crippen LogP contribution in [0.25, 0.3) is 0 Å². The van der Waals surface area contributed by atoms with Crippen LogP contribution in [-0.4, -0.2) is 54.2 Å². The van der Waals surface area contributed by atoms with Gasteiger partial charge in [0.15, 0.2) is 0 Å². The first-order valence-corrected chi connectivity index (χ1v) is 0. The third-order valence-corrected chi connectivity index (χ3v) is 0. The Bertz CT molecular complexity index is 8.75. The fraction of sp³-hybridized carbons (Fsp3) is 0. The van der Waals surface area contributed by atoms with Gasteiger partial charge >= 0.3 is 37.7 Å². The van der Waals surface area contributed by atoms with Crippen LogP contribution in [0.5, 0.6) is 0 Å². The molecular weight excluding hydrogens is 159 g/mol. The van der Waals surface area contributed by atoms with Crippen LogP contribution in [0, 0.1) is 0 Å². The molecule has 0 aromatic rings. The Kier molecular flexibility index (Phi) is 1460. The fourth-order valence-corrected chi connectivity index (χ4v) is 0. The average Bonchev–Trinajstić information content (AvgIpc) is 0. The zero-order valence-corrected chi connectivity index (χ0v) is 6.68. The number of hydrogen-bond donors (Lipinski definition) is 0. The Labute approximate surface area is 78.2 Å². The Hall–Kier alpha value is 1.72. The SMILES string of the molecule is O.O.O.[Ca+2].[Cl-].[Cl-]. The summed E-state index contributed by atoms with van der Waals surface area (Å²) in [7, 11) is 0. The molecule has 0 radical (unpaired) electrons. The smallest absolute Gasteiger partial charge is 1.00 e. The minimum Gasteiger partial charge on any atom is -1.00 e. The van der Waals surface area contributed by atoms with Crippen molar-refractivity contribution >= 4 is 37.7 Å². The van der Waals surface area contributed by atoms with Crippen molar-refractivity contribution in [3.05, 3.63) is 0 Å². The van der Waals surface area contributed by atoms with E-state index in [1.165, 1.54) is 0 Å². The summed E-state index contributed by atoms with van der Waals surface area (Å²) in [5, 5.41) is 0. The van der Waals surface area contributed by atoms with Gasteiger partial charge in [0.05, 0.1) is 0 Å². The van der Waals surface area contributed by atoms with Gasteiger partial charge in [-0.2, -0.15) is 0 Å². The molecule has 0 saturated heterocycles. The second-order valence-electron chi connectivity index (χ2n) is 0. The van der Waals surface area contributed by atoms with Gasteiger partial charge in [0, 0.05) is 0 Å². The zero-order valence-electron chi connectivity index (χ0n) is 2.96. The molecule has 6 N–H and O–H groups in total. The second-order valence-corrected chi connectivity index (χ2v) is 0. The molecule has 0 heterocycles. The van der Waals surface area contributed by atoms with Gasteiger partial charge in [0.2, 0.25) is 0 Å². The summed E-state index contributed by atoms with van der Waals surface area (Å²) in [5.74, 6) is 0. The molecule has 0 rings (SSSR count). The van der Waals surface area contributed by atoms with E-state index < -0.39 is 0 Å². The van der Waals surface area contributed by atoms with Gasteiger partial charge in [-0.15, -0.1) is 0 Å². The molecular formula is H6CaCl2O3. The topological polar surface area (TPSA) is 94.5 Å². The average molecular weight is 165 g/mol. The van der Waals surface area contributed by atoms with E-state index >= 15 is 0 Å². The Morgan fingerprint density at radius 2 is 0.500 bits per heavy atom. The third-order valence-electron chi connectivity index (χ3n) is 0. The normalized spacial score (nSPS) is 0. The van der Waals surface area contributed by atoms with Crippen molar-refractivity contribution in [3.8, 4) is 0 Å². The van der Waals surface area contributed by atoms with Crippen LogP contribution in [0.15, 0.2) is 0 Å². The molecule has 0 spiro atoms. The minimum absolute atomic E-state index is 0. The minimum atomic E-state index is 0. The van der Waals surface area contributed by atoms with Gasteiger partial charge < -0.3 is 41.2 Å². The van der Waals surface area contributed by atoms with Crippen LogP contribution in [0.3, 0.4) is 0 Å². The van der Waals surface area contributed by atoms with E-state index in [1.54, 1.807) is 0 Å². The van der Waals surface area contributed by atoms with Gasteiger partial charge in [-0.05, 0) is 0 Å². The molecule has 0 aliphatic heterocycles. The van der Waals surface area contributed by atoms with Crippen LogP contribution < -0.4 is 24.8 Å². The third kappa shape index (κ3) is 43.1. The van der Waals surface area contributed by atoms with Crippen molar-refractivity contribution in [1.82, 2.24) is 0 Å². The van der Waals surface area contributed by atoms with E-state index in [1.807, 2.05) is 0 Å². The fourth-order valence-electron chi connectivity index (χ4n) is 0. The summed E-state index contributed by atoms with van der Waals surface area (Å²) in [4.78, 5) is 0. The Balaban J connectivity index is 0. The first-order valence-electron chi connectivity index (χ1n) is 0. The summed E-state index contributed by atoms with van der Waals surface area (Å²) in [6, 6.07) is 0. The van der Waals surface area contributed by atoms with Crippen molar-refractivity contribution in [1.29, 1.82) is 0 Å². The molecule has 0 aliphatic carbocycles. The number of halogens is 2. The van der Waals surface area contributed by atoms with E-state index in [0.29, 0.717) is 0 Å². The van der Waals surface area contributed by atoms with E-state index in [4.69, 9.17) is 0 Å². The largest absolute Gasteiger partial charge is 2.00 e. The first-order chi connectivity index (χ1) is 0. The molecule has 40 valence electrons. The molecule has 0 saturated carbocycles. The molecule has 0 bridgehead atoms. The van der Waals surface area contributed by atoms with Crippen LogP contribution in [0.2, 0.25) is 0 Å². The zero-order chi connectivity index (χ0) is 0. The van der Waals surface area contributed by atoms with Crippen LogP contribution >= 0.6 is 0 Å². The van der Waals surface area contributed by atoms with Gasteiger partial charge in [-0.1, -0.05) is 0 Å². The molecule has 3 nitrogen and oxygen atoms in total. The summed E-state index contributed by atoms with van der Waals surface area (Å²) < 4.78 is 0. The van der Waals surface area contributed by atoms with E-state index in [-0.39, 0.29) is 79.0 Å². The molecule has 0 aromatic carbocycles. The Morgan fingerprint density at radius 1 is 0.500 bits per heavy atom. The van der Waals surface area contributed by atoms with Crippen molar-refractivity contribution in [2.75, 3.05) is 0 Å². The molecule has 0 fully saturated rings. The van der Waals surface area contributed by atoms with Crippen molar-refractivity contribution < 1.29 is 41.2 Å². The van der Waals surface area contributed by atoms with E-state index in [9.17, 15) is 0 Å². The molecule has 0 atom stereocenters. The standard InChI is InChI=1S/Ca.2ClH.3H2O/h;2*1H;3*1H2/q+2;;;;;/p-2. The van der Waals surface area contributed by atoms with Crippen LogP contribution in [0.4, 0.5) is 0 Å². The van der Waals surface area contributed by atoms with Crippen LogP contribution in [-0.2, 0) is 0 Å². The van der Waals surface area contributed by atoms with E-state index in [0.717, 1.165) is 0 Å².